The second-order valence-electron chi connectivity index (χ2n) is 8.77. The maximum atomic E-state index is 12.9. The van der Waals surface area contributed by atoms with Crippen LogP contribution in [0.3, 0.4) is 0 Å². The summed E-state index contributed by atoms with van der Waals surface area (Å²) in [6, 6.07) is 12.7. The molecule has 34 heavy (non-hydrogen) atoms. The molecule has 2 aromatic heterocycles. The number of rotatable bonds is 5. The maximum absolute atomic E-state index is 12.9. The number of fused-ring (bicyclic) bond motifs is 3. The summed E-state index contributed by atoms with van der Waals surface area (Å²) in [6.07, 6.45) is 4.39. The number of H-pyrrole nitrogens is 1. The van der Waals surface area contributed by atoms with Gasteiger partial charge in [0.2, 0.25) is 5.78 Å². The van der Waals surface area contributed by atoms with Crippen molar-refractivity contribution >= 4 is 45.9 Å². The topological polar surface area (TPSA) is 64.1 Å². The van der Waals surface area contributed by atoms with Gasteiger partial charge in [0.25, 0.3) is 0 Å². The molecule has 0 saturated carbocycles. The Morgan fingerprint density at radius 1 is 1.00 bits per heavy atom. The Balaban J connectivity index is 1.33. The van der Waals surface area contributed by atoms with E-state index < -0.39 is 5.97 Å². The number of halogens is 2. The molecule has 0 radical (unpaired) electrons. The molecule has 2 heterocycles. The van der Waals surface area contributed by atoms with E-state index in [0.717, 1.165) is 47.2 Å². The van der Waals surface area contributed by atoms with Crippen LogP contribution in [0.25, 0.3) is 16.6 Å². The summed E-state index contributed by atoms with van der Waals surface area (Å²) in [7, 11) is 0. The summed E-state index contributed by atoms with van der Waals surface area (Å²) in [4.78, 5) is 29.1. The molecular weight excluding hydrogens is 471 g/mol. The number of Topliss-reactive ketones (excluding diaryl/α,β-unsaturated/α-hetero) is 1. The molecule has 1 aliphatic rings. The molecule has 4 aromatic rings. The monoisotopic (exact) mass is 494 g/mol. The number of aryl methyl sites for hydroxylation is 3. The van der Waals surface area contributed by atoms with Gasteiger partial charge in [-0.2, -0.15) is 0 Å². The van der Waals surface area contributed by atoms with Crippen LogP contribution in [-0.2, 0) is 17.6 Å². The average Bonchev–Trinajstić information content (AvgIpc) is 3.35. The molecule has 0 bridgehead atoms. The van der Waals surface area contributed by atoms with Crippen molar-refractivity contribution in [1.82, 2.24) is 9.55 Å². The molecule has 5 nitrogen and oxygen atoms in total. The minimum atomic E-state index is -0.501. The summed E-state index contributed by atoms with van der Waals surface area (Å²) in [6.45, 7) is 3.44. The van der Waals surface area contributed by atoms with E-state index in [-0.39, 0.29) is 12.4 Å². The lowest BCUT2D eigenvalue weighted by Crippen LogP contribution is -2.15. The third kappa shape index (κ3) is 4.04. The van der Waals surface area contributed by atoms with E-state index in [0.29, 0.717) is 21.2 Å². The predicted octanol–water partition coefficient (Wildman–Crippen LogP) is 6.80. The summed E-state index contributed by atoms with van der Waals surface area (Å²) < 4.78 is 7.34. The van der Waals surface area contributed by atoms with Crippen LogP contribution in [0.1, 0.15) is 56.2 Å². The molecule has 0 saturated heterocycles. The number of hydrogen-bond acceptors (Lipinski definition) is 3. The van der Waals surface area contributed by atoms with Gasteiger partial charge in [-0.1, -0.05) is 23.2 Å². The van der Waals surface area contributed by atoms with Crippen molar-refractivity contribution in [2.75, 3.05) is 6.61 Å². The lowest BCUT2D eigenvalue weighted by atomic mass is 9.95. The number of carbonyl (C=O) groups is 2. The zero-order chi connectivity index (χ0) is 24.0. The fourth-order valence-corrected chi connectivity index (χ4v) is 5.18. The number of aromatic nitrogens is 2. The van der Waals surface area contributed by atoms with Gasteiger partial charge < -0.3 is 14.3 Å². The van der Waals surface area contributed by atoms with Crippen molar-refractivity contribution in [3.63, 3.8) is 0 Å². The summed E-state index contributed by atoms with van der Waals surface area (Å²) in [5.41, 5.74) is 6.98. The summed E-state index contributed by atoms with van der Waals surface area (Å²) in [5.74, 6) is -0.757. The van der Waals surface area contributed by atoms with Crippen LogP contribution >= 0.6 is 23.2 Å². The average molecular weight is 495 g/mol. The Morgan fingerprint density at radius 2 is 1.79 bits per heavy atom. The van der Waals surface area contributed by atoms with Crippen molar-refractivity contribution in [2.24, 2.45) is 0 Å². The fraction of sp³-hybridized carbons (Fsp3) is 0.259. The number of ketones is 1. The standard InChI is InChI=1S/C27H24Cl2N2O3/c1-15-11-20(16(2)31(15)18-8-9-22(28)23(29)13-18)26(32)14-34-27(33)17-7-10-25-21(12-17)19-5-3-4-6-24(19)30-25/h7-13,30H,3-6,14H2,1-2H3. The van der Waals surface area contributed by atoms with Gasteiger partial charge in [0.15, 0.2) is 6.61 Å². The van der Waals surface area contributed by atoms with Crippen molar-refractivity contribution in [1.29, 1.82) is 0 Å². The van der Waals surface area contributed by atoms with Crippen LogP contribution in [-0.4, -0.2) is 27.9 Å². The molecule has 174 valence electrons. The quantitative estimate of drug-likeness (QED) is 0.245. The molecule has 0 spiro atoms. The predicted molar refractivity (Wildman–Crippen MR) is 135 cm³/mol. The number of aromatic amines is 1. The van der Waals surface area contributed by atoms with E-state index in [2.05, 4.69) is 4.98 Å². The Morgan fingerprint density at radius 3 is 2.59 bits per heavy atom. The molecule has 1 aliphatic carbocycles. The highest BCUT2D eigenvalue weighted by Gasteiger charge is 2.20. The highest BCUT2D eigenvalue weighted by Crippen LogP contribution is 2.30. The molecule has 0 fully saturated rings. The minimum Gasteiger partial charge on any atom is -0.454 e. The SMILES string of the molecule is Cc1cc(C(=O)COC(=O)c2ccc3[nH]c4c(c3c2)CCCC4)c(C)n1-c1ccc(Cl)c(Cl)c1. The Kier molecular flexibility index (Phi) is 6.00. The largest absolute Gasteiger partial charge is 0.454 e. The molecule has 0 amide bonds. The lowest BCUT2D eigenvalue weighted by molar-refractivity contribution is 0.0474. The van der Waals surface area contributed by atoms with Gasteiger partial charge in [0, 0.05) is 39.2 Å². The molecule has 1 N–H and O–H groups in total. The Labute approximate surface area is 207 Å². The normalized spacial score (nSPS) is 13.2. The third-order valence-corrected chi connectivity index (χ3v) is 7.30. The molecule has 0 aliphatic heterocycles. The number of hydrogen-bond donors (Lipinski definition) is 1. The fourth-order valence-electron chi connectivity index (χ4n) is 4.89. The Bertz CT molecular complexity index is 1450. The summed E-state index contributed by atoms with van der Waals surface area (Å²) in [5, 5.41) is 1.98. The first-order valence-electron chi connectivity index (χ1n) is 11.3. The van der Waals surface area contributed by atoms with Crippen LogP contribution in [0.2, 0.25) is 10.0 Å². The second kappa shape index (κ2) is 8.97. The molecular formula is C27H24Cl2N2O3. The smallest absolute Gasteiger partial charge is 0.338 e. The second-order valence-corrected chi connectivity index (χ2v) is 9.58. The van der Waals surface area contributed by atoms with Crippen LogP contribution < -0.4 is 0 Å². The number of esters is 1. The van der Waals surface area contributed by atoms with E-state index in [4.69, 9.17) is 27.9 Å². The summed E-state index contributed by atoms with van der Waals surface area (Å²) >= 11 is 12.2. The van der Waals surface area contributed by atoms with Crippen LogP contribution in [0, 0.1) is 13.8 Å². The highest BCUT2D eigenvalue weighted by molar-refractivity contribution is 6.42. The maximum Gasteiger partial charge on any atom is 0.338 e. The van der Waals surface area contributed by atoms with E-state index in [1.54, 1.807) is 24.3 Å². The molecule has 5 rings (SSSR count). The van der Waals surface area contributed by atoms with Gasteiger partial charge in [-0.15, -0.1) is 0 Å². The number of nitrogens with zero attached hydrogens (tertiary/aromatic N) is 1. The van der Waals surface area contributed by atoms with Crippen molar-refractivity contribution < 1.29 is 14.3 Å². The minimum absolute atomic E-state index is 0.257. The number of nitrogens with one attached hydrogen (secondary N) is 1. The van der Waals surface area contributed by atoms with Crippen molar-refractivity contribution in [3.8, 4) is 5.69 Å². The van der Waals surface area contributed by atoms with Crippen LogP contribution in [0.15, 0.2) is 42.5 Å². The first-order valence-corrected chi connectivity index (χ1v) is 12.1. The van der Waals surface area contributed by atoms with E-state index >= 15 is 0 Å². The molecule has 0 atom stereocenters. The zero-order valence-corrected chi connectivity index (χ0v) is 20.5. The highest BCUT2D eigenvalue weighted by atomic mass is 35.5. The van der Waals surface area contributed by atoms with Gasteiger partial charge >= 0.3 is 5.97 Å². The van der Waals surface area contributed by atoms with Gasteiger partial charge in [-0.05, 0) is 87.6 Å². The van der Waals surface area contributed by atoms with Crippen LogP contribution in [0.4, 0.5) is 0 Å². The lowest BCUT2D eigenvalue weighted by Gasteiger charge is -2.11. The number of benzene rings is 2. The van der Waals surface area contributed by atoms with Gasteiger partial charge in [0.05, 0.1) is 15.6 Å². The van der Waals surface area contributed by atoms with Gasteiger partial charge in [-0.25, -0.2) is 4.79 Å². The van der Waals surface area contributed by atoms with Crippen molar-refractivity contribution in [2.45, 2.75) is 39.5 Å². The van der Waals surface area contributed by atoms with Gasteiger partial charge in [-0.3, -0.25) is 4.79 Å². The van der Waals surface area contributed by atoms with Gasteiger partial charge in [0.1, 0.15) is 0 Å². The number of carbonyl (C=O) groups excluding carboxylic acids is 2. The Hall–Kier alpha value is -3.02. The van der Waals surface area contributed by atoms with Crippen LogP contribution in [0.5, 0.6) is 0 Å². The molecule has 0 unspecified atom stereocenters. The first kappa shape index (κ1) is 22.8. The molecule has 7 heteroatoms. The van der Waals surface area contributed by atoms with Crippen molar-refractivity contribution in [3.05, 3.63) is 86.3 Å². The van der Waals surface area contributed by atoms with E-state index in [1.165, 1.54) is 17.7 Å². The number of ether oxygens (including phenoxy) is 1. The third-order valence-electron chi connectivity index (χ3n) is 6.56. The zero-order valence-electron chi connectivity index (χ0n) is 19.0. The van der Waals surface area contributed by atoms with E-state index in [9.17, 15) is 9.59 Å². The first-order chi connectivity index (χ1) is 16.3. The molecule has 2 aromatic carbocycles. The van der Waals surface area contributed by atoms with E-state index in [1.807, 2.05) is 36.6 Å².